The summed E-state index contributed by atoms with van der Waals surface area (Å²) < 4.78 is 0. The molecule has 0 heterocycles. The van der Waals surface area contributed by atoms with E-state index in [0.717, 1.165) is 25.0 Å². The number of rotatable bonds is 4. The molecule has 2 nitrogen and oxygen atoms in total. The number of aliphatic hydroxyl groups is 1. The third kappa shape index (κ3) is 3.64. The van der Waals surface area contributed by atoms with E-state index < -0.39 is 0 Å². The van der Waals surface area contributed by atoms with Gasteiger partial charge >= 0.3 is 0 Å². The number of carbonyl (C=O) groups excluding carboxylic acids is 1. The summed E-state index contributed by atoms with van der Waals surface area (Å²) in [6, 6.07) is 10.1. The lowest BCUT2D eigenvalue weighted by Crippen LogP contribution is -2.11. The number of benzene rings is 1. The summed E-state index contributed by atoms with van der Waals surface area (Å²) in [5.74, 6) is 1.26. The summed E-state index contributed by atoms with van der Waals surface area (Å²) in [6.07, 6.45) is 3.93. The second kappa shape index (κ2) is 6.64. The molecule has 0 saturated heterocycles. The van der Waals surface area contributed by atoms with E-state index in [9.17, 15) is 9.90 Å². The Labute approximate surface area is 112 Å². The molecule has 0 bridgehead atoms. The SMILES string of the molecule is O=C1CCCC/C1=C(\O)CCSc1ccccc1. The third-order valence-electron chi connectivity index (χ3n) is 3.12. The van der Waals surface area contributed by atoms with E-state index in [2.05, 4.69) is 12.1 Å². The standard InChI is InChI=1S/C15H18O2S/c16-14-9-5-4-8-13(14)15(17)10-11-18-12-6-2-1-3-7-12/h1-3,6-7,17H,4-5,8-11H2/b15-13+. The second-order valence-electron chi connectivity index (χ2n) is 4.47. The summed E-state index contributed by atoms with van der Waals surface area (Å²) in [4.78, 5) is 12.8. The number of thioether (sulfide) groups is 1. The third-order valence-corrected chi connectivity index (χ3v) is 4.13. The highest BCUT2D eigenvalue weighted by Crippen LogP contribution is 2.25. The van der Waals surface area contributed by atoms with Crippen LogP contribution in [0, 0.1) is 0 Å². The van der Waals surface area contributed by atoms with Crippen molar-refractivity contribution in [2.45, 2.75) is 37.0 Å². The van der Waals surface area contributed by atoms with Crippen LogP contribution < -0.4 is 0 Å². The molecule has 0 aliphatic heterocycles. The molecular weight excluding hydrogens is 244 g/mol. The van der Waals surface area contributed by atoms with E-state index in [4.69, 9.17) is 0 Å². The van der Waals surface area contributed by atoms with Crippen LogP contribution in [0.1, 0.15) is 32.1 Å². The molecule has 1 aliphatic rings. The number of hydrogen-bond donors (Lipinski definition) is 1. The van der Waals surface area contributed by atoms with Gasteiger partial charge in [-0.2, -0.15) is 0 Å². The van der Waals surface area contributed by atoms with Crippen LogP contribution in [-0.2, 0) is 4.79 Å². The fourth-order valence-electron chi connectivity index (χ4n) is 2.12. The highest BCUT2D eigenvalue weighted by molar-refractivity contribution is 7.99. The lowest BCUT2D eigenvalue weighted by Gasteiger charge is -2.14. The van der Waals surface area contributed by atoms with Crippen molar-refractivity contribution in [3.05, 3.63) is 41.7 Å². The fraction of sp³-hybridized carbons (Fsp3) is 0.400. The Hall–Kier alpha value is -1.22. The first-order valence-electron chi connectivity index (χ1n) is 6.39. The van der Waals surface area contributed by atoms with Gasteiger partial charge in [-0.25, -0.2) is 0 Å². The Balaban J connectivity index is 1.86. The van der Waals surface area contributed by atoms with Gasteiger partial charge in [0.05, 0.1) is 5.76 Å². The van der Waals surface area contributed by atoms with Gasteiger partial charge in [-0.15, -0.1) is 11.8 Å². The van der Waals surface area contributed by atoms with Crippen molar-refractivity contribution >= 4 is 17.5 Å². The first-order valence-corrected chi connectivity index (χ1v) is 7.38. The Kier molecular flexibility index (Phi) is 4.88. The second-order valence-corrected chi connectivity index (χ2v) is 5.64. The van der Waals surface area contributed by atoms with E-state index >= 15 is 0 Å². The zero-order chi connectivity index (χ0) is 12.8. The lowest BCUT2D eigenvalue weighted by molar-refractivity contribution is -0.116. The number of carbonyl (C=O) groups is 1. The van der Waals surface area contributed by atoms with Crippen LogP contribution in [0.25, 0.3) is 0 Å². The normalized spacial score (nSPS) is 18.8. The molecule has 3 heteroatoms. The average molecular weight is 262 g/mol. The van der Waals surface area contributed by atoms with Crippen LogP contribution in [0.15, 0.2) is 46.6 Å². The molecule has 0 aromatic heterocycles. The maximum Gasteiger partial charge on any atom is 0.162 e. The highest BCUT2D eigenvalue weighted by Gasteiger charge is 2.18. The van der Waals surface area contributed by atoms with Crippen molar-refractivity contribution in [2.24, 2.45) is 0 Å². The van der Waals surface area contributed by atoms with Gasteiger partial charge in [0, 0.05) is 29.1 Å². The highest BCUT2D eigenvalue weighted by atomic mass is 32.2. The number of Topliss-reactive ketones (excluding diaryl/α,β-unsaturated/α-hetero) is 1. The fourth-order valence-corrected chi connectivity index (χ4v) is 3.00. The Morgan fingerprint density at radius 1 is 1.17 bits per heavy atom. The monoisotopic (exact) mass is 262 g/mol. The number of hydrogen-bond acceptors (Lipinski definition) is 3. The minimum Gasteiger partial charge on any atom is -0.512 e. The topological polar surface area (TPSA) is 37.3 Å². The first-order chi connectivity index (χ1) is 8.77. The number of aliphatic hydroxyl groups excluding tert-OH is 1. The smallest absolute Gasteiger partial charge is 0.162 e. The van der Waals surface area contributed by atoms with E-state index in [1.165, 1.54) is 4.90 Å². The molecule has 0 atom stereocenters. The zero-order valence-electron chi connectivity index (χ0n) is 10.4. The summed E-state index contributed by atoms with van der Waals surface area (Å²) in [5.41, 5.74) is 0.676. The number of allylic oxidation sites excluding steroid dienone is 2. The number of ketones is 1. The molecule has 1 aliphatic carbocycles. The summed E-state index contributed by atoms with van der Waals surface area (Å²) in [7, 11) is 0. The van der Waals surface area contributed by atoms with E-state index in [-0.39, 0.29) is 5.78 Å². The molecule has 0 spiro atoms. The Morgan fingerprint density at radius 2 is 1.89 bits per heavy atom. The van der Waals surface area contributed by atoms with Crippen LogP contribution in [-0.4, -0.2) is 16.6 Å². The molecule has 1 aromatic rings. The maximum absolute atomic E-state index is 11.6. The molecule has 0 amide bonds. The quantitative estimate of drug-likeness (QED) is 0.504. The van der Waals surface area contributed by atoms with Gasteiger partial charge in [-0.05, 0) is 31.4 Å². The van der Waals surface area contributed by atoms with Crippen molar-refractivity contribution in [3.8, 4) is 0 Å². The van der Waals surface area contributed by atoms with E-state index in [1.807, 2.05) is 18.2 Å². The maximum atomic E-state index is 11.6. The predicted molar refractivity (Wildman–Crippen MR) is 74.9 cm³/mol. The minimum atomic E-state index is 0.142. The molecule has 2 rings (SSSR count). The molecule has 1 fully saturated rings. The summed E-state index contributed by atoms with van der Waals surface area (Å²) in [5, 5.41) is 9.97. The molecule has 1 N–H and O–H groups in total. The van der Waals surface area contributed by atoms with Crippen molar-refractivity contribution in [3.63, 3.8) is 0 Å². The summed E-state index contributed by atoms with van der Waals surface area (Å²) in [6.45, 7) is 0. The van der Waals surface area contributed by atoms with Crippen LogP contribution in [0.3, 0.4) is 0 Å². The van der Waals surface area contributed by atoms with Crippen LogP contribution >= 0.6 is 11.8 Å². The van der Waals surface area contributed by atoms with E-state index in [1.54, 1.807) is 11.8 Å². The van der Waals surface area contributed by atoms with Gasteiger partial charge in [0.25, 0.3) is 0 Å². The van der Waals surface area contributed by atoms with Crippen LogP contribution in [0.2, 0.25) is 0 Å². The van der Waals surface area contributed by atoms with Crippen molar-refractivity contribution in [1.29, 1.82) is 0 Å². The Morgan fingerprint density at radius 3 is 2.61 bits per heavy atom. The van der Waals surface area contributed by atoms with Gasteiger partial charge < -0.3 is 5.11 Å². The van der Waals surface area contributed by atoms with Crippen molar-refractivity contribution < 1.29 is 9.90 Å². The summed E-state index contributed by atoms with van der Waals surface area (Å²) >= 11 is 1.71. The molecule has 1 saturated carbocycles. The predicted octanol–water partition coefficient (Wildman–Crippen LogP) is 4.12. The molecule has 0 radical (unpaired) electrons. The largest absolute Gasteiger partial charge is 0.512 e. The molecule has 96 valence electrons. The van der Waals surface area contributed by atoms with Gasteiger partial charge in [0.15, 0.2) is 5.78 Å². The Bertz CT molecular complexity index is 437. The van der Waals surface area contributed by atoms with Crippen LogP contribution in [0.5, 0.6) is 0 Å². The van der Waals surface area contributed by atoms with Gasteiger partial charge in [0.2, 0.25) is 0 Å². The molecule has 18 heavy (non-hydrogen) atoms. The van der Waals surface area contributed by atoms with E-state index in [0.29, 0.717) is 24.2 Å². The minimum absolute atomic E-state index is 0.142. The molecular formula is C15H18O2S. The lowest BCUT2D eigenvalue weighted by atomic mass is 9.92. The molecule has 1 aromatic carbocycles. The van der Waals surface area contributed by atoms with Gasteiger partial charge in [-0.1, -0.05) is 18.2 Å². The van der Waals surface area contributed by atoms with Crippen LogP contribution in [0.4, 0.5) is 0 Å². The first kappa shape index (κ1) is 13.2. The van der Waals surface area contributed by atoms with Crippen molar-refractivity contribution in [1.82, 2.24) is 0 Å². The average Bonchev–Trinajstić information content (AvgIpc) is 2.40. The zero-order valence-corrected chi connectivity index (χ0v) is 11.2. The van der Waals surface area contributed by atoms with Gasteiger partial charge in [0.1, 0.15) is 0 Å². The van der Waals surface area contributed by atoms with Gasteiger partial charge in [-0.3, -0.25) is 4.79 Å². The molecule has 0 unspecified atom stereocenters. The van der Waals surface area contributed by atoms with Crippen molar-refractivity contribution in [2.75, 3.05) is 5.75 Å².